The number of hydrogen-bond acceptors (Lipinski definition) is 3. The number of carboxylic acid groups (broad SMARTS) is 1. The zero-order valence-electron chi connectivity index (χ0n) is 11.3. The molecule has 5 nitrogen and oxygen atoms in total. The van der Waals surface area contributed by atoms with Crippen LogP contribution in [0, 0.1) is 25.6 Å². The molecule has 1 saturated heterocycles. The Hall–Kier alpha value is -1.47. The van der Waals surface area contributed by atoms with Crippen molar-refractivity contribution in [1.29, 1.82) is 0 Å². The van der Waals surface area contributed by atoms with Gasteiger partial charge in [0.15, 0.2) is 0 Å². The molecule has 0 spiro atoms. The lowest BCUT2D eigenvalue weighted by Crippen LogP contribution is -2.31. The van der Waals surface area contributed by atoms with Crippen LogP contribution in [0.4, 0.5) is 4.39 Å². The second-order valence-electron chi connectivity index (χ2n) is 5.06. The van der Waals surface area contributed by atoms with Crippen molar-refractivity contribution in [3.8, 4) is 0 Å². The van der Waals surface area contributed by atoms with Gasteiger partial charge in [0.1, 0.15) is 5.82 Å². The molecule has 0 saturated carbocycles. The topological polar surface area (TPSA) is 74.7 Å². The largest absolute Gasteiger partial charge is 0.481 e. The number of carbonyl (C=O) groups is 1. The molecule has 0 aliphatic carbocycles. The highest BCUT2D eigenvalue weighted by molar-refractivity contribution is 7.89. The number of carboxylic acids is 1. The van der Waals surface area contributed by atoms with E-state index in [9.17, 15) is 17.6 Å². The third-order valence-electron chi connectivity index (χ3n) is 3.52. The van der Waals surface area contributed by atoms with Gasteiger partial charge in [-0.15, -0.1) is 0 Å². The summed E-state index contributed by atoms with van der Waals surface area (Å²) in [5.41, 5.74) is 0.669. The van der Waals surface area contributed by atoms with Crippen LogP contribution in [0.25, 0.3) is 0 Å². The summed E-state index contributed by atoms with van der Waals surface area (Å²) in [5.74, 6) is -2.15. The molecule has 0 amide bonds. The van der Waals surface area contributed by atoms with Crippen molar-refractivity contribution < 1.29 is 22.7 Å². The molecule has 20 heavy (non-hydrogen) atoms. The second-order valence-corrected chi connectivity index (χ2v) is 6.93. The Morgan fingerprint density at radius 3 is 2.35 bits per heavy atom. The van der Waals surface area contributed by atoms with Crippen molar-refractivity contribution in [2.75, 3.05) is 13.1 Å². The summed E-state index contributed by atoms with van der Waals surface area (Å²) >= 11 is 0. The van der Waals surface area contributed by atoms with Gasteiger partial charge >= 0.3 is 5.97 Å². The van der Waals surface area contributed by atoms with Gasteiger partial charge in [-0.25, -0.2) is 12.8 Å². The first kappa shape index (κ1) is 14.9. The number of hydrogen-bond donors (Lipinski definition) is 1. The Kier molecular flexibility index (Phi) is 3.84. The van der Waals surface area contributed by atoms with Gasteiger partial charge in [-0.1, -0.05) is 0 Å². The molecule has 0 aromatic heterocycles. The number of aliphatic carboxylic acids is 1. The fraction of sp³-hybridized carbons (Fsp3) is 0.462. The summed E-state index contributed by atoms with van der Waals surface area (Å²) in [5, 5.41) is 8.94. The van der Waals surface area contributed by atoms with Crippen LogP contribution in [-0.2, 0) is 14.8 Å². The van der Waals surface area contributed by atoms with Crippen molar-refractivity contribution in [2.45, 2.75) is 25.2 Å². The number of halogens is 1. The fourth-order valence-electron chi connectivity index (χ4n) is 2.58. The minimum absolute atomic E-state index is 0.0338. The van der Waals surface area contributed by atoms with Gasteiger partial charge in [0.05, 0.1) is 10.8 Å². The Bertz CT molecular complexity index is 633. The van der Waals surface area contributed by atoms with Crippen molar-refractivity contribution >= 4 is 16.0 Å². The summed E-state index contributed by atoms with van der Waals surface area (Å²) in [4.78, 5) is 11.0. The molecule has 2 rings (SSSR count). The predicted octanol–water partition coefficient (Wildman–Crippen LogP) is 1.54. The van der Waals surface area contributed by atoms with Crippen molar-refractivity contribution in [2.24, 2.45) is 5.92 Å². The zero-order chi connectivity index (χ0) is 15.1. The van der Waals surface area contributed by atoms with Gasteiger partial charge in [0.25, 0.3) is 0 Å². The van der Waals surface area contributed by atoms with E-state index < -0.39 is 27.7 Å². The average molecular weight is 301 g/mol. The summed E-state index contributed by atoms with van der Waals surface area (Å²) < 4.78 is 39.6. The molecule has 110 valence electrons. The maximum Gasteiger partial charge on any atom is 0.307 e. The lowest BCUT2D eigenvalue weighted by molar-refractivity contribution is -0.141. The molecule has 0 radical (unpaired) electrons. The normalized spacial score (nSPS) is 20.2. The lowest BCUT2D eigenvalue weighted by Gasteiger charge is -2.19. The number of rotatable bonds is 3. The van der Waals surface area contributed by atoms with Crippen LogP contribution in [0.5, 0.6) is 0 Å². The van der Waals surface area contributed by atoms with Gasteiger partial charge in [-0.2, -0.15) is 4.31 Å². The summed E-state index contributed by atoms with van der Waals surface area (Å²) in [6.07, 6.45) is 0.299. The summed E-state index contributed by atoms with van der Waals surface area (Å²) in [6, 6.07) is 2.34. The molecule has 0 bridgehead atoms. The molecular formula is C13H16FNO4S. The third kappa shape index (κ3) is 2.55. The molecule has 1 N–H and O–H groups in total. The fourth-order valence-corrected chi connectivity index (χ4v) is 4.49. The number of nitrogens with zero attached hydrogens (tertiary/aromatic N) is 1. The van der Waals surface area contributed by atoms with Gasteiger partial charge in [0.2, 0.25) is 10.0 Å². The molecule has 1 aromatic rings. The molecule has 1 aromatic carbocycles. The van der Waals surface area contributed by atoms with Crippen LogP contribution < -0.4 is 0 Å². The average Bonchev–Trinajstić information content (AvgIpc) is 2.76. The molecule has 7 heteroatoms. The predicted molar refractivity (Wildman–Crippen MR) is 70.4 cm³/mol. The first-order chi connectivity index (χ1) is 9.23. The Balaban J connectivity index is 2.40. The van der Waals surface area contributed by atoms with Crippen LogP contribution in [0.2, 0.25) is 0 Å². The third-order valence-corrected chi connectivity index (χ3v) is 5.69. The first-order valence-corrected chi connectivity index (χ1v) is 7.67. The van der Waals surface area contributed by atoms with E-state index in [1.165, 1.54) is 30.3 Å². The molecule has 1 atom stereocenters. The van der Waals surface area contributed by atoms with Crippen LogP contribution >= 0.6 is 0 Å². The molecular weight excluding hydrogens is 285 g/mol. The molecule has 1 aliphatic heterocycles. The highest BCUT2D eigenvalue weighted by Gasteiger charge is 2.37. The Morgan fingerprint density at radius 1 is 1.35 bits per heavy atom. The zero-order valence-corrected chi connectivity index (χ0v) is 12.1. The highest BCUT2D eigenvalue weighted by Crippen LogP contribution is 2.29. The minimum atomic E-state index is -3.78. The lowest BCUT2D eigenvalue weighted by atomic mass is 10.1. The van der Waals surface area contributed by atoms with Crippen LogP contribution in [0.15, 0.2) is 17.0 Å². The van der Waals surface area contributed by atoms with E-state index in [1.54, 1.807) is 0 Å². The van der Waals surface area contributed by atoms with Crippen LogP contribution in [0.1, 0.15) is 17.5 Å². The quantitative estimate of drug-likeness (QED) is 0.919. The standard InChI is InChI=1S/C13H16FNO4S/c1-8-5-11(14)6-9(2)12(8)20(18,19)15-4-3-10(7-15)13(16)17/h5-6,10H,3-4,7H2,1-2H3,(H,16,17). The van der Waals surface area contributed by atoms with Crippen molar-refractivity contribution in [3.63, 3.8) is 0 Å². The smallest absolute Gasteiger partial charge is 0.307 e. The Morgan fingerprint density at radius 2 is 1.90 bits per heavy atom. The summed E-state index contributed by atoms with van der Waals surface area (Å²) in [6.45, 7) is 3.21. The van der Waals surface area contributed by atoms with Gasteiger partial charge in [-0.3, -0.25) is 4.79 Å². The van der Waals surface area contributed by atoms with E-state index in [0.717, 1.165) is 0 Å². The first-order valence-electron chi connectivity index (χ1n) is 6.23. The maximum absolute atomic E-state index is 13.3. The van der Waals surface area contributed by atoms with Crippen molar-refractivity contribution in [3.05, 3.63) is 29.1 Å². The highest BCUT2D eigenvalue weighted by atomic mass is 32.2. The molecule has 1 aliphatic rings. The van der Waals surface area contributed by atoms with E-state index in [2.05, 4.69) is 0 Å². The van der Waals surface area contributed by atoms with Crippen LogP contribution in [-0.4, -0.2) is 36.9 Å². The van der Waals surface area contributed by atoms with E-state index in [0.29, 0.717) is 17.5 Å². The maximum atomic E-state index is 13.3. The number of benzene rings is 1. The Labute approximate surface area is 117 Å². The van der Waals surface area contributed by atoms with Gasteiger partial charge < -0.3 is 5.11 Å². The van der Waals surface area contributed by atoms with Gasteiger partial charge in [-0.05, 0) is 43.5 Å². The molecule has 1 heterocycles. The van der Waals surface area contributed by atoms with Crippen molar-refractivity contribution in [1.82, 2.24) is 4.31 Å². The summed E-state index contributed by atoms with van der Waals surface area (Å²) in [7, 11) is -3.78. The monoisotopic (exact) mass is 301 g/mol. The van der Waals surface area contributed by atoms with E-state index in [-0.39, 0.29) is 18.0 Å². The van der Waals surface area contributed by atoms with E-state index in [4.69, 9.17) is 5.11 Å². The van der Waals surface area contributed by atoms with Crippen LogP contribution in [0.3, 0.4) is 0 Å². The van der Waals surface area contributed by atoms with Gasteiger partial charge in [0, 0.05) is 13.1 Å². The number of sulfonamides is 1. The minimum Gasteiger partial charge on any atom is -0.481 e. The molecule has 1 unspecified atom stereocenters. The molecule has 1 fully saturated rings. The number of aryl methyl sites for hydroxylation is 2. The second kappa shape index (κ2) is 5.14. The van der Waals surface area contributed by atoms with E-state index >= 15 is 0 Å². The SMILES string of the molecule is Cc1cc(F)cc(C)c1S(=O)(=O)N1CCC(C(=O)O)C1. The van der Waals surface area contributed by atoms with E-state index in [1.807, 2.05) is 0 Å².